The minimum absolute atomic E-state index is 0.199. The predicted octanol–water partition coefficient (Wildman–Crippen LogP) is 5.12. The van der Waals surface area contributed by atoms with Crippen LogP contribution in [0.3, 0.4) is 0 Å². The summed E-state index contributed by atoms with van der Waals surface area (Å²) in [7, 11) is 1.59. The van der Waals surface area contributed by atoms with Crippen LogP contribution < -0.4 is 19.5 Å². The fraction of sp³-hybridized carbons (Fsp3) is 0.208. The Balaban J connectivity index is 1.54. The van der Waals surface area contributed by atoms with E-state index in [2.05, 4.69) is 5.32 Å². The highest BCUT2D eigenvalue weighted by molar-refractivity contribution is 6.31. The summed E-state index contributed by atoms with van der Waals surface area (Å²) in [4.78, 5) is 12.6. The van der Waals surface area contributed by atoms with Gasteiger partial charge in [0.15, 0.2) is 11.5 Å². The second-order valence-corrected chi connectivity index (χ2v) is 7.15. The van der Waals surface area contributed by atoms with E-state index in [1.165, 1.54) is 0 Å². The zero-order chi connectivity index (χ0) is 21.3. The summed E-state index contributed by atoms with van der Waals surface area (Å²) in [5, 5.41) is 3.58. The van der Waals surface area contributed by atoms with Crippen molar-refractivity contribution in [2.45, 2.75) is 19.6 Å². The maximum atomic E-state index is 12.6. The number of benzene rings is 3. The Morgan fingerprint density at radius 3 is 2.47 bits per heavy atom. The highest BCUT2D eigenvalue weighted by Gasteiger charge is 2.12. The highest BCUT2D eigenvalue weighted by Crippen LogP contribution is 2.25. The second-order valence-electron chi connectivity index (χ2n) is 6.74. The number of ether oxygens (including phenoxy) is 3. The van der Waals surface area contributed by atoms with Crippen LogP contribution in [-0.4, -0.2) is 25.7 Å². The molecule has 1 N–H and O–H groups in total. The van der Waals surface area contributed by atoms with Crippen molar-refractivity contribution < 1.29 is 19.0 Å². The Morgan fingerprint density at radius 2 is 1.70 bits per heavy atom. The molecule has 0 aliphatic heterocycles. The summed E-state index contributed by atoms with van der Waals surface area (Å²) < 4.78 is 16.8. The lowest BCUT2D eigenvalue weighted by atomic mass is 10.2. The zero-order valence-electron chi connectivity index (χ0n) is 16.9. The molecule has 0 radical (unpaired) electrons. The van der Waals surface area contributed by atoms with E-state index in [0.717, 1.165) is 5.56 Å². The molecule has 0 unspecified atom stereocenters. The number of rotatable bonds is 9. The van der Waals surface area contributed by atoms with E-state index in [0.29, 0.717) is 41.0 Å². The molecule has 3 aromatic rings. The molecule has 3 aromatic carbocycles. The fourth-order valence-corrected chi connectivity index (χ4v) is 3.00. The number of carbonyl (C=O) groups excluding carboxylic acids is 1. The smallest absolute Gasteiger partial charge is 0.251 e. The molecule has 0 aromatic heterocycles. The molecule has 5 nitrogen and oxygen atoms in total. The van der Waals surface area contributed by atoms with Crippen LogP contribution in [-0.2, 0) is 6.61 Å². The summed E-state index contributed by atoms with van der Waals surface area (Å²) in [6, 6.07) is 21.7. The minimum atomic E-state index is -0.200. The first-order valence-electron chi connectivity index (χ1n) is 9.59. The number of carbonyl (C=O) groups is 1. The topological polar surface area (TPSA) is 56.8 Å². The predicted molar refractivity (Wildman–Crippen MR) is 118 cm³/mol. The molecule has 0 spiro atoms. The molecule has 6 heteroatoms. The maximum Gasteiger partial charge on any atom is 0.251 e. The molecule has 0 saturated heterocycles. The summed E-state index contributed by atoms with van der Waals surface area (Å²) in [5.41, 5.74) is 1.40. The van der Waals surface area contributed by atoms with E-state index >= 15 is 0 Å². The number of amides is 1. The molecule has 30 heavy (non-hydrogen) atoms. The summed E-state index contributed by atoms with van der Waals surface area (Å²) >= 11 is 6.16. The Bertz CT molecular complexity index is 992. The fourth-order valence-electron chi connectivity index (χ4n) is 2.81. The largest absolute Gasteiger partial charge is 0.493 e. The van der Waals surface area contributed by atoms with Gasteiger partial charge in [0.2, 0.25) is 0 Å². The zero-order valence-corrected chi connectivity index (χ0v) is 17.7. The lowest BCUT2D eigenvalue weighted by molar-refractivity contribution is 0.0925. The van der Waals surface area contributed by atoms with Crippen molar-refractivity contribution in [2.75, 3.05) is 13.7 Å². The van der Waals surface area contributed by atoms with Crippen molar-refractivity contribution in [1.82, 2.24) is 5.32 Å². The van der Waals surface area contributed by atoms with Gasteiger partial charge in [-0.2, -0.15) is 0 Å². The third-order valence-electron chi connectivity index (χ3n) is 4.38. The van der Waals surface area contributed by atoms with Crippen LogP contribution in [0.15, 0.2) is 72.8 Å². The molecule has 1 atom stereocenters. The maximum absolute atomic E-state index is 12.6. The molecular weight excluding hydrogens is 402 g/mol. The molecule has 0 saturated carbocycles. The lowest BCUT2D eigenvalue weighted by Crippen LogP contribution is -2.36. The Labute approximate surface area is 181 Å². The number of nitrogens with one attached hydrogen (secondary N) is 1. The quantitative estimate of drug-likeness (QED) is 0.516. The average molecular weight is 426 g/mol. The molecule has 0 heterocycles. The Morgan fingerprint density at radius 1 is 0.967 bits per heavy atom. The van der Waals surface area contributed by atoms with Crippen LogP contribution in [0.5, 0.6) is 17.2 Å². The van der Waals surface area contributed by atoms with Gasteiger partial charge in [-0.15, -0.1) is 0 Å². The van der Waals surface area contributed by atoms with Gasteiger partial charge >= 0.3 is 0 Å². The molecule has 0 aliphatic carbocycles. The van der Waals surface area contributed by atoms with Crippen LogP contribution in [0.1, 0.15) is 22.8 Å². The third kappa shape index (κ3) is 5.91. The summed E-state index contributed by atoms with van der Waals surface area (Å²) in [6.45, 7) is 2.52. The van der Waals surface area contributed by atoms with Gasteiger partial charge in [-0.25, -0.2) is 0 Å². The van der Waals surface area contributed by atoms with Crippen LogP contribution in [0, 0.1) is 0 Å². The minimum Gasteiger partial charge on any atom is -0.493 e. The van der Waals surface area contributed by atoms with Gasteiger partial charge in [-0.1, -0.05) is 48.0 Å². The average Bonchev–Trinajstić information content (AvgIpc) is 2.77. The van der Waals surface area contributed by atoms with Gasteiger partial charge in [0.25, 0.3) is 5.91 Å². The first-order valence-corrected chi connectivity index (χ1v) is 9.97. The second kappa shape index (κ2) is 10.6. The van der Waals surface area contributed by atoms with Crippen LogP contribution >= 0.6 is 11.6 Å². The van der Waals surface area contributed by atoms with Crippen molar-refractivity contribution in [1.29, 1.82) is 0 Å². The normalized spacial score (nSPS) is 11.4. The lowest BCUT2D eigenvalue weighted by Gasteiger charge is -2.17. The first kappa shape index (κ1) is 21.5. The highest BCUT2D eigenvalue weighted by atomic mass is 35.5. The Kier molecular flexibility index (Phi) is 7.57. The van der Waals surface area contributed by atoms with Gasteiger partial charge < -0.3 is 19.5 Å². The van der Waals surface area contributed by atoms with E-state index in [-0.39, 0.29) is 11.9 Å². The van der Waals surface area contributed by atoms with Gasteiger partial charge in [0.05, 0.1) is 13.2 Å². The summed E-state index contributed by atoms with van der Waals surface area (Å²) in [6.07, 6.45) is 0. The number of para-hydroxylation sites is 2. The Hall–Kier alpha value is -3.18. The number of methoxy groups -OCH3 is 1. The van der Waals surface area contributed by atoms with Crippen molar-refractivity contribution >= 4 is 17.5 Å². The van der Waals surface area contributed by atoms with Crippen molar-refractivity contribution in [3.8, 4) is 17.2 Å². The van der Waals surface area contributed by atoms with Gasteiger partial charge in [-0.3, -0.25) is 4.79 Å². The van der Waals surface area contributed by atoms with E-state index in [4.69, 9.17) is 25.8 Å². The van der Waals surface area contributed by atoms with Crippen molar-refractivity contribution in [3.05, 3.63) is 88.9 Å². The number of hydrogen-bond donors (Lipinski definition) is 1. The number of hydrogen-bond acceptors (Lipinski definition) is 4. The number of halogens is 1. The molecule has 1 amide bonds. The van der Waals surface area contributed by atoms with E-state index < -0.39 is 0 Å². The molecule has 0 fully saturated rings. The standard InChI is InChI=1S/C24H24ClNO4/c1-17(15-30-23-13-6-5-12-22(23)28-2)26-24(27)18-9-7-10-20(14-18)29-16-19-8-3-4-11-21(19)25/h3-14,17H,15-16H2,1-2H3,(H,26,27)/t17-/m0/s1. The molecule has 0 bridgehead atoms. The van der Waals surface area contributed by atoms with Crippen LogP contribution in [0.4, 0.5) is 0 Å². The molecule has 156 valence electrons. The SMILES string of the molecule is COc1ccccc1OC[C@H](C)NC(=O)c1cccc(OCc2ccccc2Cl)c1. The third-order valence-corrected chi connectivity index (χ3v) is 4.75. The van der Waals surface area contributed by atoms with E-state index in [1.54, 1.807) is 25.3 Å². The van der Waals surface area contributed by atoms with E-state index in [1.807, 2.05) is 61.5 Å². The van der Waals surface area contributed by atoms with Crippen molar-refractivity contribution in [2.24, 2.45) is 0 Å². The van der Waals surface area contributed by atoms with E-state index in [9.17, 15) is 4.79 Å². The molecule has 3 rings (SSSR count). The van der Waals surface area contributed by atoms with Crippen molar-refractivity contribution in [3.63, 3.8) is 0 Å². The molecular formula is C24H24ClNO4. The van der Waals surface area contributed by atoms with Crippen LogP contribution in [0.25, 0.3) is 0 Å². The van der Waals surface area contributed by atoms with Gasteiger partial charge in [-0.05, 0) is 43.3 Å². The van der Waals surface area contributed by atoms with Gasteiger partial charge in [0.1, 0.15) is 19.0 Å². The first-order chi connectivity index (χ1) is 14.6. The summed E-state index contributed by atoms with van der Waals surface area (Å²) in [5.74, 6) is 1.69. The van der Waals surface area contributed by atoms with Crippen LogP contribution in [0.2, 0.25) is 5.02 Å². The monoisotopic (exact) mass is 425 g/mol. The van der Waals surface area contributed by atoms with Gasteiger partial charge in [0, 0.05) is 16.1 Å². The molecule has 0 aliphatic rings.